The van der Waals surface area contributed by atoms with Crippen LogP contribution in [0.5, 0.6) is 0 Å². The van der Waals surface area contributed by atoms with Crippen LogP contribution in [0.3, 0.4) is 0 Å². The average Bonchev–Trinajstić information content (AvgIpc) is 3.32. The maximum absolute atomic E-state index is 12.6. The van der Waals surface area contributed by atoms with E-state index in [2.05, 4.69) is 20.3 Å². The number of nitrogens with zero attached hydrogens (tertiary/aromatic N) is 3. The molecule has 1 saturated heterocycles. The topological polar surface area (TPSA) is 134 Å². The summed E-state index contributed by atoms with van der Waals surface area (Å²) in [5.74, 6) is -0.933. The van der Waals surface area contributed by atoms with Gasteiger partial charge in [0.25, 0.3) is 11.9 Å². The molecule has 0 aliphatic carbocycles. The van der Waals surface area contributed by atoms with E-state index >= 15 is 0 Å². The molecule has 164 valence electrons. The number of carboxylic acid groups (broad SMARTS) is 1. The summed E-state index contributed by atoms with van der Waals surface area (Å²) in [4.78, 5) is 37.0. The van der Waals surface area contributed by atoms with Crippen LogP contribution >= 0.6 is 11.6 Å². The van der Waals surface area contributed by atoms with E-state index in [9.17, 15) is 14.7 Å². The molecule has 3 rings (SSSR count). The number of nitrogens with one attached hydrogen (secondary N) is 2. The van der Waals surface area contributed by atoms with Crippen LogP contribution in [-0.2, 0) is 17.6 Å². The van der Waals surface area contributed by atoms with Gasteiger partial charge in [0.05, 0.1) is 24.4 Å². The Balaban J connectivity index is 1.69. The SMILES string of the molecule is CCCc1oc(N2CCC(NC(=O)c3nc(Cl)c(CC)[nH]3)C(OC)C2)nc1C(=O)O. The van der Waals surface area contributed by atoms with Crippen molar-refractivity contribution in [3.05, 3.63) is 28.1 Å². The van der Waals surface area contributed by atoms with Crippen LogP contribution in [0.1, 0.15) is 59.3 Å². The Morgan fingerprint density at radius 1 is 1.40 bits per heavy atom. The quantitative estimate of drug-likeness (QED) is 0.570. The monoisotopic (exact) mass is 439 g/mol. The summed E-state index contributed by atoms with van der Waals surface area (Å²) in [5, 5.41) is 12.6. The number of piperidine rings is 1. The van der Waals surface area contributed by atoms with Crippen LogP contribution in [0.15, 0.2) is 4.42 Å². The lowest BCUT2D eigenvalue weighted by molar-refractivity contribution is 0.0528. The number of anilines is 1. The fourth-order valence-corrected chi connectivity index (χ4v) is 3.76. The molecule has 0 radical (unpaired) electrons. The third-order valence-electron chi connectivity index (χ3n) is 5.11. The van der Waals surface area contributed by atoms with Gasteiger partial charge in [-0.2, -0.15) is 4.98 Å². The van der Waals surface area contributed by atoms with Crippen molar-refractivity contribution in [2.75, 3.05) is 25.1 Å². The number of carbonyl (C=O) groups is 2. The average molecular weight is 440 g/mol. The molecule has 11 heteroatoms. The highest BCUT2D eigenvalue weighted by Crippen LogP contribution is 2.25. The van der Waals surface area contributed by atoms with Gasteiger partial charge in [-0.05, 0) is 19.3 Å². The van der Waals surface area contributed by atoms with Crippen molar-refractivity contribution in [2.24, 2.45) is 0 Å². The molecule has 2 unspecified atom stereocenters. The number of aromatic carboxylic acids is 1. The number of methoxy groups -OCH3 is 1. The van der Waals surface area contributed by atoms with Crippen LogP contribution < -0.4 is 10.2 Å². The van der Waals surface area contributed by atoms with Crippen LogP contribution in [0.4, 0.5) is 6.01 Å². The maximum atomic E-state index is 12.6. The number of aromatic nitrogens is 3. The first-order valence-corrected chi connectivity index (χ1v) is 10.3. The molecular formula is C19H26ClN5O5. The largest absolute Gasteiger partial charge is 0.476 e. The molecule has 0 bridgehead atoms. The number of aromatic amines is 1. The lowest BCUT2D eigenvalue weighted by Crippen LogP contribution is -2.55. The second kappa shape index (κ2) is 9.48. The van der Waals surface area contributed by atoms with Crippen molar-refractivity contribution < 1.29 is 23.8 Å². The van der Waals surface area contributed by atoms with Crippen molar-refractivity contribution in [2.45, 2.75) is 51.7 Å². The predicted octanol–water partition coefficient (Wildman–Crippen LogP) is 2.29. The third-order valence-corrected chi connectivity index (χ3v) is 5.42. The smallest absolute Gasteiger partial charge is 0.358 e. The number of ether oxygens (including phenoxy) is 1. The van der Waals surface area contributed by atoms with Gasteiger partial charge in [-0.15, -0.1) is 0 Å². The minimum Gasteiger partial charge on any atom is -0.476 e. The number of oxazole rings is 1. The Bertz CT molecular complexity index is 911. The van der Waals surface area contributed by atoms with Crippen LogP contribution in [0.2, 0.25) is 5.15 Å². The van der Waals surface area contributed by atoms with Gasteiger partial charge in [0, 0.05) is 20.1 Å². The number of halogens is 1. The molecule has 0 aromatic carbocycles. The molecule has 2 aromatic heterocycles. The van der Waals surface area contributed by atoms with Gasteiger partial charge >= 0.3 is 5.97 Å². The van der Waals surface area contributed by atoms with Gasteiger partial charge in [0.1, 0.15) is 5.76 Å². The molecule has 1 amide bonds. The van der Waals surface area contributed by atoms with Crippen LogP contribution in [0.25, 0.3) is 0 Å². The normalized spacial score (nSPS) is 19.1. The zero-order valence-electron chi connectivity index (χ0n) is 17.2. The Morgan fingerprint density at radius 3 is 2.77 bits per heavy atom. The van der Waals surface area contributed by atoms with Crippen molar-refractivity contribution >= 4 is 29.5 Å². The van der Waals surface area contributed by atoms with E-state index in [1.807, 2.05) is 18.7 Å². The first-order chi connectivity index (χ1) is 14.4. The molecule has 30 heavy (non-hydrogen) atoms. The summed E-state index contributed by atoms with van der Waals surface area (Å²) in [7, 11) is 1.56. The zero-order chi connectivity index (χ0) is 21.8. The first kappa shape index (κ1) is 22.1. The highest BCUT2D eigenvalue weighted by molar-refractivity contribution is 6.30. The van der Waals surface area contributed by atoms with E-state index in [1.54, 1.807) is 7.11 Å². The second-order valence-corrected chi connectivity index (χ2v) is 7.48. The number of imidazole rings is 1. The fraction of sp³-hybridized carbons (Fsp3) is 0.579. The number of amides is 1. The molecule has 1 aliphatic rings. The van der Waals surface area contributed by atoms with Gasteiger partial charge in [0.2, 0.25) is 0 Å². The fourth-order valence-electron chi connectivity index (χ4n) is 3.50. The summed E-state index contributed by atoms with van der Waals surface area (Å²) in [6.07, 6.45) is 2.12. The Hall–Kier alpha value is -2.59. The van der Waals surface area contributed by atoms with E-state index in [0.29, 0.717) is 49.0 Å². The molecule has 0 spiro atoms. The Morgan fingerprint density at radius 2 is 2.17 bits per heavy atom. The second-order valence-electron chi connectivity index (χ2n) is 7.12. The molecule has 0 saturated carbocycles. The number of carboxylic acids is 1. The Kier molecular flexibility index (Phi) is 6.99. The molecule has 3 heterocycles. The number of H-pyrrole nitrogens is 1. The highest BCUT2D eigenvalue weighted by Gasteiger charge is 2.34. The van der Waals surface area contributed by atoms with Crippen molar-refractivity contribution in [1.82, 2.24) is 20.3 Å². The van der Waals surface area contributed by atoms with Gasteiger partial charge in [0.15, 0.2) is 16.7 Å². The first-order valence-electron chi connectivity index (χ1n) is 9.93. The van der Waals surface area contributed by atoms with Crippen molar-refractivity contribution in [3.8, 4) is 0 Å². The van der Waals surface area contributed by atoms with Crippen LogP contribution in [0, 0.1) is 0 Å². The zero-order valence-corrected chi connectivity index (χ0v) is 18.0. The maximum Gasteiger partial charge on any atom is 0.358 e. The van der Waals surface area contributed by atoms with E-state index in [1.165, 1.54) is 0 Å². The van der Waals surface area contributed by atoms with Gasteiger partial charge < -0.3 is 29.5 Å². The number of hydrogen-bond acceptors (Lipinski definition) is 7. The standard InChI is InChI=1S/C19H26ClN5O5/c1-4-6-12-14(18(27)28)23-19(30-12)25-8-7-11(13(9-25)29-3)22-17(26)16-21-10(5-2)15(20)24-16/h11,13H,4-9H2,1-3H3,(H,21,24)(H,22,26)(H,27,28). The van der Waals surface area contributed by atoms with Crippen molar-refractivity contribution in [1.29, 1.82) is 0 Å². The lowest BCUT2D eigenvalue weighted by Gasteiger charge is -2.37. The summed E-state index contributed by atoms with van der Waals surface area (Å²) in [6, 6.07) is 0.00445. The number of rotatable bonds is 8. The number of aryl methyl sites for hydroxylation is 2. The molecule has 10 nitrogen and oxygen atoms in total. The number of hydrogen-bond donors (Lipinski definition) is 3. The molecule has 1 fully saturated rings. The van der Waals surface area contributed by atoms with E-state index in [4.69, 9.17) is 20.8 Å². The molecule has 1 aliphatic heterocycles. The highest BCUT2D eigenvalue weighted by atomic mass is 35.5. The molecule has 2 atom stereocenters. The summed E-state index contributed by atoms with van der Waals surface area (Å²) >= 11 is 6.02. The molecular weight excluding hydrogens is 414 g/mol. The van der Waals surface area contributed by atoms with Gasteiger partial charge in [-0.3, -0.25) is 4.79 Å². The summed E-state index contributed by atoms with van der Waals surface area (Å²) in [5.41, 5.74) is 0.651. The van der Waals surface area contributed by atoms with Gasteiger partial charge in [-0.25, -0.2) is 9.78 Å². The minimum atomic E-state index is -1.11. The minimum absolute atomic E-state index is 0.0577. The molecule has 3 N–H and O–H groups in total. The summed E-state index contributed by atoms with van der Waals surface area (Å²) < 4.78 is 11.3. The predicted molar refractivity (Wildman–Crippen MR) is 109 cm³/mol. The molecule has 2 aromatic rings. The van der Waals surface area contributed by atoms with Gasteiger partial charge in [-0.1, -0.05) is 25.4 Å². The van der Waals surface area contributed by atoms with E-state index in [0.717, 1.165) is 6.42 Å². The third kappa shape index (κ3) is 4.59. The number of carbonyl (C=O) groups excluding carboxylic acids is 1. The Labute approximate surface area is 179 Å². The lowest BCUT2D eigenvalue weighted by atomic mass is 10.0. The van der Waals surface area contributed by atoms with Crippen LogP contribution in [-0.4, -0.2) is 64.3 Å². The summed E-state index contributed by atoms with van der Waals surface area (Å²) in [6.45, 7) is 4.78. The van der Waals surface area contributed by atoms with E-state index < -0.39 is 5.97 Å². The van der Waals surface area contributed by atoms with Crippen molar-refractivity contribution in [3.63, 3.8) is 0 Å². The van der Waals surface area contributed by atoms with E-state index in [-0.39, 0.29) is 35.6 Å².